The molecule has 0 saturated heterocycles. The third-order valence-corrected chi connectivity index (χ3v) is 3.46. The second kappa shape index (κ2) is 6.16. The first-order chi connectivity index (χ1) is 8.39. The lowest BCUT2D eigenvalue weighted by Gasteiger charge is -2.37. The van der Waals surface area contributed by atoms with Crippen molar-refractivity contribution in [3.05, 3.63) is 23.9 Å². The SMILES string of the molecule is COc1ncccc1C(C)(C)N(C)CCN(C)C. The average Bonchev–Trinajstić information content (AvgIpc) is 2.35. The fraction of sp³-hybridized carbons (Fsp3) is 0.643. The first-order valence-electron chi connectivity index (χ1n) is 6.25. The summed E-state index contributed by atoms with van der Waals surface area (Å²) in [5.41, 5.74) is 1.02. The Hall–Kier alpha value is -1.13. The first-order valence-corrected chi connectivity index (χ1v) is 6.25. The Morgan fingerprint density at radius 2 is 1.89 bits per heavy atom. The number of aromatic nitrogens is 1. The molecule has 1 rings (SSSR count). The molecule has 1 aromatic heterocycles. The van der Waals surface area contributed by atoms with Gasteiger partial charge in [0.1, 0.15) is 0 Å². The van der Waals surface area contributed by atoms with E-state index < -0.39 is 0 Å². The van der Waals surface area contributed by atoms with Crippen molar-refractivity contribution in [1.29, 1.82) is 0 Å². The van der Waals surface area contributed by atoms with Crippen molar-refractivity contribution in [3.8, 4) is 5.88 Å². The van der Waals surface area contributed by atoms with Gasteiger partial charge >= 0.3 is 0 Å². The number of rotatable bonds is 6. The van der Waals surface area contributed by atoms with Gasteiger partial charge in [0.05, 0.1) is 7.11 Å². The highest BCUT2D eigenvalue weighted by Crippen LogP contribution is 2.31. The summed E-state index contributed by atoms with van der Waals surface area (Å²) in [6, 6.07) is 4.04. The number of ether oxygens (including phenoxy) is 1. The van der Waals surface area contributed by atoms with Gasteiger partial charge in [-0.1, -0.05) is 6.07 Å². The molecule has 1 aromatic rings. The molecule has 0 N–H and O–H groups in total. The summed E-state index contributed by atoms with van der Waals surface area (Å²) in [7, 11) is 7.98. The number of methoxy groups -OCH3 is 1. The summed E-state index contributed by atoms with van der Waals surface area (Å²) in [5, 5.41) is 0. The van der Waals surface area contributed by atoms with Crippen molar-refractivity contribution in [3.63, 3.8) is 0 Å². The molecular formula is C14H25N3O. The van der Waals surface area contributed by atoms with Crippen LogP contribution in [0.5, 0.6) is 5.88 Å². The fourth-order valence-corrected chi connectivity index (χ4v) is 1.85. The number of hydrogen-bond donors (Lipinski definition) is 0. The van der Waals surface area contributed by atoms with Gasteiger partial charge < -0.3 is 9.64 Å². The molecule has 0 saturated carbocycles. The summed E-state index contributed by atoms with van der Waals surface area (Å²) < 4.78 is 5.36. The zero-order chi connectivity index (χ0) is 13.8. The molecule has 102 valence electrons. The normalized spacial score (nSPS) is 12.2. The zero-order valence-electron chi connectivity index (χ0n) is 12.4. The summed E-state index contributed by atoms with van der Waals surface area (Å²) in [4.78, 5) is 8.80. The molecule has 0 aliphatic rings. The number of nitrogens with zero attached hydrogens (tertiary/aromatic N) is 3. The van der Waals surface area contributed by atoms with Crippen molar-refractivity contribution in [2.45, 2.75) is 19.4 Å². The highest BCUT2D eigenvalue weighted by molar-refractivity contribution is 5.32. The Morgan fingerprint density at radius 1 is 1.22 bits per heavy atom. The lowest BCUT2D eigenvalue weighted by molar-refractivity contribution is 0.139. The number of pyridine rings is 1. The Bertz CT molecular complexity index is 377. The Balaban J connectivity index is 2.90. The Labute approximate surface area is 111 Å². The summed E-state index contributed by atoms with van der Waals surface area (Å²) in [6.07, 6.45) is 1.76. The van der Waals surface area contributed by atoms with Crippen LogP contribution in [0.4, 0.5) is 0 Å². The van der Waals surface area contributed by atoms with Crippen LogP contribution in [0.25, 0.3) is 0 Å². The molecule has 0 atom stereocenters. The van der Waals surface area contributed by atoms with E-state index in [9.17, 15) is 0 Å². The van der Waals surface area contributed by atoms with Crippen LogP contribution in [-0.2, 0) is 5.54 Å². The predicted molar refractivity (Wildman–Crippen MR) is 75.0 cm³/mol. The number of hydrogen-bond acceptors (Lipinski definition) is 4. The molecule has 4 heteroatoms. The minimum atomic E-state index is -0.102. The molecular weight excluding hydrogens is 226 g/mol. The van der Waals surface area contributed by atoms with E-state index in [1.807, 2.05) is 6.07 Å². The van der Waals surface area contributed by atoms with E-state index in [-0.39, 0.29) is 5.54 Å². The zero-order valence-corrected chi connectivity index (χ0v) is 12.4. The molecule has 4 nitrogen and oxygen atoms in total. The van der Waals surface area contributed by atoms with Gasteiger partial charge in [-0.15, -0.1) is 0 Å². The van der Waals surface area contributed by atoms with Crippen molar-refractivity contribution >= 4 is 0 Å². The van der Waals surface area contributed by atoms with Crippen molar-refractivity contribution in [2.24, 2.45) is 0 Å². The smallest absolute Gasteiger partial charge is 0.218 e. The Morgan fingerprint density at radius 3 is 2.44 bits per heavy atom. The van der Waals surface area contributed by atoms with Gasteiger partial charge in [0.15, 0.2) is 0 Å². The first kappa shape index (κ1) is 14.9. The fourth-order valence-electron chi connectivity index (χ4n) is 1.85. The van der Waals surface area contributed by atoms with Crippen molar-refractivity contribution in [2.75, 3.05) is 41.3 Å². The van der Waals surface area contributed by atoms with Crippen LogP contribution in [0.1, 0.15) is 19.4 Å². The van der Waals surface area contributed by atoms with E-state index in [1.165, 1.54) is 0 Å². The van der Waals surface area contributed by atoms with Crippen LogP contribution in [0.2, 0.25) is 0 Å². The lowest BCUT2D eigenvalue weighted by atomic mass is 9.93. The van der Waals surface area contributed by atoms with Crippen LogP contribution < -0.4 is 4.74 Å². The van der Waals surface area contributed by atoms with Gasteiger partial charge in [-0.05, 0) is 41.1 Å². The molecule has 1 heterocycles. The van der Waals surface area contributed by atoms with E-state index in [2.05, 4.69) is 55.8 Å². The lowest BCUT2D eigenvalue weighted by Crippen LogP contribution is -2.42. The summed E-state index contributed by atoms with van der Waals surface area (Å²) in [6.45, 7) is 6.42. The largest absolute Gasteiger partial charge is 0.481 e. The predicted octanol–water partition coefficient (Wildman–Crippen LogP) is 1.82. The van der Waals surface area contributed by atoms with Crippen LogP contribution >= 0.6 is 0 Å². The third-order valence-electron chi connectivity index (χ3n) is 3.46. The maximum atomic E-state index is 5.36. The summed E-state index contributed by atoms with van der Waals surface area (Å²) >= 11 is 0. The van der Waals surface area contributed by atoms with Gasteiger partial charge in [-0.3, -0.25) is 4.90 Å². The molecule has 0 radical (unpaired) electrons. The van der Waals surface area contributed by atoms with E-state index >= 15 is 0 Å². The maximum absolute atomic E-state index is 5.36. The Kier molecular flexibility index (Phi) is 5.11. The van der Waals surface area contributed by atoms with E-state index in [1.54, 1.807) is 13.3 Å². The third kappa shape index (κ3) is 3.43. The van der Waals surface area contributed by atoms with Crippen molar-refractivity contribution in [1.82, 2.24) is 14.8 Å². The molecule has 18 heavy (non-hydrogen) atoms. The van der Waals surface area contributed by atoms with Gasteiger partial charge in [-0.2, -0.15) is 0 Å². The molecule has 0 bridgehead atoms. The van der Waals surface area contributed by atoms with E-state index in [4.69, 9.17) is 4.74 Å². The molecule has 0 spiro atoms. The highest BCUT2D eigenvalue weighted by Gasteiger charge is 2.29. The van der Waals surface area contributed by atoms with E-state index in [0.717, 1.165) is 18.7 Å². The molecule has 0 aliphatic carbocycles. The molecule has 0 amide bonds. The topological polar surface area (TPSA) is 28.6 Å². The molecule has 0 aromatic carbocycles. The molecule has 0 unspecified atom stereocenters. The maximum Gasteiger partial charge on any atom is 0.218 e. The highest BCUT2D eigenvalue weighted by atomic mass is 16.5. The van der Waals surface area contributed by atoms with Crippen LogP contribution in [-0.4, -0.2) is 56.1 Å². The van der Waals surface area contributed by atoms with Gasteiger partial charge in [0, 0.05) is 30.4 Å². The number of likely N-dealkylation sites (N-methyl/N-ethyl adjacent to an activating group) is 2. The van der Waals surface area contributed by atoms with Crippen molar-refractivity contribution < 1.29 is 4.74 Å². The van der Waals surface area contributed by atoms with Crippen LogP contribution in [0.15, 0.2) is 18.3 Å². The standard InChI is InChI=1S/C14H25N3O/c1-14(2,17(5)11-10-16(3)4)12-8-7-9-15-13(12)18-6/h7-9H,10-11H2,1-6H3. The van der Waals surface area contributed by atoms with E-state index in [0.29, 0.717) is 5.88 Å². The monoisotopic (exact) mass is 251 g/mol. The minimum Gasteiger partial charge on any atom is -0.481 e. The molecule has 0 fully saturated rings. The van der Waals surface area contributed by atoms with Crippen LogP contribution in [0.3, 0.4) is 0 Å². The van der Waals surface area contributed by atoms with Gasteiger partial charge in [0.25, 0.3) is 0 Å². The second-order valence-electron chi connectivity index (χ2n) is 5.34. The van der Waals surface area contributed by atoms with Crippen LogP contribution in [0, 0.1) is 0 Å². The average molecular weight is 251 g/mol. The van der Waals surface area contributed by atoms with Gasteiger partial charge in [0.2, 0.25) is 5.88 Å². The minimum absolute atomic E-state index is 0.102. The quantitative estimate of drug-likeness (QED) is 0.771. The summed E-state index contributed by atoms with van der Waals surface area (Å²) in [5.74, 6) is 0.708. The van der Waals surface area contributed by atoms with Gasteiger partial charge in [-0.25, -0.2) is 4.98 Å². The second-order valence-corrected chi connectivity index (χ2v) is 5.34. The molecule has 0 aliphatic heterocycles.